The molecule has 3 rings (SSSR count). The van der Waals surface area contributed by atoms with Crippen LogP contribution in [-0.2, 0) is 0 Å². The number of hydrogen-bond donors (Lipinski definition) is 0. The Labute approximate surface area is 126 Å². The molecule has 0 radical (unpaired) electrons. The topological polar surface area (TPSA) is 52.1 Å². The van der Waals surface area contributed by atoms with Gasteiger partial charge in [0.25, 0.3) is 0 Å². The highest BCUT2D eigenvalue weighted by atomic mass is 32.1. The maximum atomic E-state index is 11.7. The smallest absolute Gasteiger partial charge is 0.231 e. The van der Waals surface area contributed by atoms with Gasteiger partial charge in [0.15, 0.2) is 5.78 Å². The molecule has 0 N–H and O–H groups in total. The SMILES string of the molecule is CC(=O)c1ccccc1Oc1ncnc2sc(C)c(C)c12. The fourth-order valence-corrected chi connectivity index (χ4v) is 3.17. The Kier molecular flexibility index (Phi) is 3.43. The largest absolute Gasteiger partial charge is 0.437 e. The second kappa shape index (κ2) is 5.26. The quantitative estimate of drug-likeness (QED) is 0.676. The van der Waals surface area contributed by atoms with Crippen LogP contribution in [0.25, 0.3) is 10.2 Å². The van der Waals surface area contributed by atoms with Crippen LogP contribution in [-0.4, -0.2) is 15.8 Å². The highest BCUT2D eigenvalue weighted by molar-refractivity contribution is 7.18. The molecule has 0 unspecified atom stereocenters. The third-order valence-corrected chi connectivity index (χ3v) is 4.52. The van der Waals surface area contributed by atoms with E-state index in [-0.39, 0.29) is 5.78 Å². The number of para-hydroxylation sites is 1. The van der Waals surface area contributed by atoms with Crippen LogP contribution in [0, 0.1) is 13.8 Å². The highest BCUT2D eigenvalue weighted by Gasteiger charge is 2.15. The van der Waals surface area contributed by atoms with Gasteiger partial charge in [-0.15, -0.1) is 11.3 Å². The van der Waals surface area contributed by atoms with Crippen LogP contribution in [0.2, 0.25) is 0 Å². The standard InChI is InChI=1S/C16H14N2O2S/c1-9-11(3)21-16-14(9)15(17-8-18-16)20-13-7-5-4-6-12(13)10(2)19/h4-8H,1-3H3. The molecule has 4 nitrogen and oxygen atoms in total. The Bertz CT molecular complexity index is 839. The summed E-state index contributed by atoms with van der Waals surface area (Å²) in [5.41, 5.74) is 1.67. The molecule has 0 amide bonds. The molecular weight excluding hydrogens is 284 g/mol. The minimum atomic E-state index is -0.0332. The van der Waals surface area contributed by atoms with Crippen molar-refractivity contribution in [3.8, 4) is 11.6 Å². The zero-order chi connectivity index (χ0) is 15.0. The van der Waals surface area contributed by atoms with E-state index in [1.54, 1.807) is 23.5 Å². The van der Waals surface area contributed by atoms with Crippen molar-refractivity contribution in [1.82, 2.24) is 9.97 Å². The number of ketones is 1. The average molecular weight is 298 g/mol. The molecule has 0 bridgehead atoms. The summed E-state index contributed by atoms with van der Waals surface area (Å²) in [6.07, 6.45) is 1.49. The Hall–Kier alpha value is -2.27. The summed E-state index contributed by atoms with van der Waals surface area (Å²) in [5, 5.41) is 0.915. The monoisotopic (exact) mass is 298 g/mol. The van der Waals surface area contributed by atoms with Gasteiger partial charge >= 0.3 is 0 Å². The molecular formula is C16H14N2O2S. The van der Waals surface area contributed by atoms with Crippen LogP contribution >= 0.6 is 11.3 Å². The summed E-state index contributed by atoms with van der Waals surface area (Å²) in [5.74, 6) is 0.984. The Morgan fingerprint density at radius 2 is 1.95 bits per heavy atom. The van der Waals surface area contributed by atoms with Crippen LogP contribution in [0.1, 0.15) is 27.7 Å². The van der Waals surface area contributed by atoms with Crippen LogP contribution in [0.5, 0.6) is 11.6 Å². The minimum Gasteiger partial charge on any atom is -0.437 e. The fraction of sp³-hybridized carbons (Fsp3) is 0.188. The number of thiophene rings is 1. The molecule has 5 heteroatoms. The van der Waals surface area contributed by atoms with Crippen molar-refractivity contribution in [2.45, 2.75) is 20.8 Å². The van der Waals surface area contributed by atoms with Crippen molar-refractivity contribution in [2.24, 2.45) is 0 Å². The number of aryl methyl sites for hydroxylation is 2. The van der Waals surface area contributed by atoms with Gasteiger partial charge in [0.1, 0.15) is 16.9 Å². The fourth-order valence-electron chi connectivity index (χ4n) is 2.18. The van der Waals surface area contributed by atoms with Gasteiger partial charge in [-0.1, -0.05) is 12.1 Å². The van der Waals surface area contributed by atoms with Crippen LogP contribution in [0.15, 0.2) is 30.6 Å². The van der Waals surface area contributed by atoms with Crippen molar-refractivity contribution < 1.29 is 9.53 Å². The lowest BCUT2D eigenvalue weighted by atomic mass is 10.1. The minimum absolute atomic E-state index is 0.0332. The number of fused-ring (bicyclic) bond motifs is 1. The number of hydrogen-bond acceptors (Lipinski definition) is 5. The van der Waals surface area contributed by atoms with E-state index in [2.05, 4.69) is 16.9 Å². The van der Waals surface area contributed by atoms with Gasteiger partial charge in [0.2, 0.25) is 5.88 Å². The predicted octanol–water partition coefficient (Wildman–Crippen LogP) is 4.30. The number of nitrogens with zero attached hydrogens (tertiary/aromatic N) is 2. The van der Waals surface area contributed by atoms with Gasteiger partial charge in [0.05, 0.1) is 10.9 Å². The summed E-state index contributed by atoms with van der Waals surface area (Å²) in [6, 6.07) is 7.19. The van der Waals surface area contributed by atoms with Gasteiger partial charge in [0, 0.05) is 4.88 Å². The first-order valence-electron chi connectivity index (χ1n) is 6.56. The number of benzene rings is 1. The molecule has 0 aliphatic heterocycles. The van der Waals surface area contributed by atoms with Gasteiger partial charge in [-0.2, -0.15) is 0 Å². The summed E-state index contributed by atoms with van der Waals surface area (Å²) in [4.78, 5) is 22.3. The Balaban J connectivity index is 2.13. The molecule has 0 aliphatic rings. The second-order valence-electron chi connectivity index (χ2n) is 4.80. The van der Waals surface area contributed by atoms with E-state index >= 15 is 0 Å². The van der Waals surface area contributed by atoms with Crippen molar-refractivity contribution in [2.75, 3.05) is 0 Å². The van der Waals surface area contributed by atoms with E-state index in [0.29, 0.717) is 17.2 Å². The third kappa shape index (κ3) is 2.40. The van der Waals surface area contributed by atoms with Crippen molar-refractivity contribution in [3.63, 3.8) is 0 Å². The number of carbonyl (C=O) groups excluding carboxylic acids is 1. The molecule has 0 aliphatic carbocycles. The van der Waals surface area contributed by atoms with Gasteiger partial charge in [-0.05, 0) is 38.5 Å². The maximum Gasteiger partial charge on any atom is 0.231 e. The summed E-state index contributed by atoms with van der Waals surface area (Å²) in [6.45, 7) is 5.61. The zero-order valence-electron chi connectivity index (χ0n) is 12.0. The number of carbonyl (C=O) groups is 1. The van der Waals surface area contributed by atoms with Crippen molar-refractivity contribution in [1.29, 1.82) is 0 Å². The summed E-state index contributed by atoms with van der Waals surface area (Å²) < 4.78 is 5.91. The molecule has 2 heterocycles. The average Bonchev–Trinajstić information content (AvgIpc) is 2.75. The van der Waals surface area contributed by atoms with Gasteiger partial charge in [-0.3, -0.25) is 4.79 Å². The van der Waals surface area contributed by atoms with Crippen LogP contribution < -0.4 is 4.74 Å². The van der Waals surface area contributed by atoms with E-state index < -0.39 is 0 Å². The first kappa shape index (κ1) is 13.7. The molecule has 1 aromatic carbocycles. The van der Waals surface area contributed by atoms with E-state index in [0.717, 1.165) is 15.8 Å². The molecule has 0 fully saturated rings. The van der Waals surface area contributed by atoms with Gasteiger partial charge < -0.3 is 4.74 Å². The summed E-state index contributed by atoms with van der Waals surface area (Å²) in [7, 11) is 0. The molecule has 0 saturated carbocycles. The molecule has 0 atom stereocenters. The Morgan fingerprint density at radius 1 is 1.19 bits per heavy atom. The molecule has 2 aromatic heterocycles. The van der Waals surface area contributed by atoms with E-state index in [4.69, 9.17) is 4.74 Å². The lowest BCUT2D eigenvalue weighted by Crippen LogP contribution is -1.98. The number of rotatable bonds is 3. The molecule has 21 heavy (non-hydrogen) atoms. The molecule has 0 spiro atoms. The zero-order valence-corrected chi connectivity index (χ0v) is 12.8. The molecule has 3 aromatic rings. The number of aromatic nitrogens is 2. The molecule has 0 saturated heterocycles. The summed E-state index contributed by atoms with van der Waals surface area (Å²) >= 11 is 1.62. The number of ether oxygens (including phenoxy) is 1. The van der Waals surface area contributed by atoms with Gasteiger partial charge in [-0.25, -0.2) is 9.97 Å². The highest BCUT2D eigenvalue weighted by Crippen LogP contribution is 2.36. The normalized spacial score (nSPS) is 10.8. The lowest BCUT2D eigenvalue weighted by molar-refractivity contribution is 0.101. The first-order chi connectivity index (χ1) is 10.1. The van der Waals surface area contributed by atoms with Crippen molar-refractivity contribution in [3.05, 3.63) is 46.6 Å². The number of Topliss-reactive ketones (excluding diaryl/α,β-unsaturated/α-hetero) is 1. The first-order valence-corrected chi connectivity index (χ1v) is 7.38. The van der Waals surface area contributed by atoms with Crippen molar-refractivity contribution >= 4 is 27.3 Å². The third-order valence-electron chi connectivity index (χ3n) is 3.40. The predicted molar refractivity (Wildman–Crippen MR) is 83.4 cm³/mol. The second-order valence-corrected chi connectivity index (χ2v) is 6.00. The van der Waals surface area contributed by atoms with E-state index in [1.807, 2.05) is 19.1 Å². The van der Waals surface area contributed by atoms with E-state index in [9.17, 15) is 4.79 Å². The Morgan fingerprint density at radius 3 is 2.71 bits per heavy atom. The van der Waals surface area contributed by atoms with Crippen LogP contribution in [0.3, 0.4) is 0 Å². The molecule has 106 valence electrons. The van der Waals surface area contributed by atoms with E-state index in [1.165, 1.54) is 18.1 Å². The maximum absolute atomic E-state index is 11.7. The van der Waals surface area contributed by atoms with Crippen LogP contribution in [0.4, 0.5) is 0 Å². The lowest BCUT2D eigenvalue weighted by Gasteiger charge is -2.09.